The third kappa shape index (κ3) is 3.79. The Bertz CT molecular complexity index is 684. The van der Waals surface area contributed by atoms with E-state index < -0.39 is 23.3 Å². The molecule has 116 valence electrons. The van der Waals surface area contributed by atoms with Crippen molar-refractivity contribution in [3.05, 3.63) is 63.6 Å². The van der Waals surface area contributed by atoms with Crippen molar-refractivity contribution >= 4 is 21.9 Å². The molecular formula is C15H10BrF3O3. The van der Waals surface area contributed by atoms with E-state index in [0.717, 1.165) is 11.6 Å². The highest BCUT2D eigenvalue weighted by Crippen LogP contribution is 2.38. The second-order valence-electron chi connectivity index (χ2n) is 4.41. The highest BCUT2D eigenvalue weighted by molar-refractivity contribution is 9.10. The van der Waals surface area contributed by atoms with E-state index in [4.69, 9.17) is 9.84 Å². The molecule has 2 rings (SSSR count). The Labute approximate surface area is 132 Å². The highest BCUT2D eigenvalue weighted by atomic mass is 79.9. The largest absolute Gasteiger partial charge is 0.487 e. The zero-order valence-electron chi connectivity index (χ0n) is 11.0. The average Bonchev–Trinajstić information content (AvgIpc) is 2.45. The summed E-state index contributed by atoms with van der Waals surface area (Å²) in [5.41, 5.74) is -0.827. The predicted octanol–water partition coefficient (Wildman–Crippen LogP) is 4.75. The molecule has 0 spiro atoms. The lowest BCUT2D eigenvalue weighted by molar-refractivity contribution is -0.137. The highest BCUT2D eigenvalue weighted by Gasteiger charge is 2.33. The van der Waals surface area contributed by atoms with E-state index in [-0.39, 0.29) is 16.8 Å². The molecule has 0 saturated heterocycles. The van der Waals surface area contributed by atoms with Gasteiger partial charge >= 0.3 is 12.1 Å². The molecule has 0 radical (unpaired) electrons. The summed E-state index contributed by atoms with van der Waals surface area (Å²) in [4.78, 5) is 11.2. The van der Waals surface area contributed by atoms with Crippen LogP contribution in [0.5, 0.6) is 5.75 Å². The van der Waals surface area contributed by atoms with Gasteiger partial charge in [0.05, 0.1) is 10.0 Å². The number of aromatic carboxylic acids is 1. The smallest absolute Gasteiger partial charge is 0.416 e. The number of carboxylic acid groups (broad SMARTS) is 1. The Morgan fingerprint density at radius 2 is 1.82 bits per heavy atom. The standard InChI is InChI=1S/C15H10BrF3O3/c16-12-7-10(15(17,18)19)6-11(14(20)21)13(12)22-8-9-4-2-1-3-5-9/h1-7H,8H2,(H,20,21). The number of halogens is 4. The van der Waals surface area contributed by atoms with Crippen LogP contribution in [0.25, 0.3) is 0 Å². The van der Waals surface area contributed by atoms with Crippen LogP contribution in [0.1, 0.15) is 21.5 Å². The van der Waals surface area contributed by atoms with Crippen LogP contribution in [0.3, 0.4) is 0 Å². The van der Waals surface area contributed by atoms with Crippen LogP contribution < -0.4 is 4.74 Å². The summed E-state index contributed by atoms with van der Waals surface area (Å²) in [5.74, 6) is -1.63. The van der Waals surface area contributed by atoms with Crippen LogP contribution >= 0.6 is 15.9 Å². The second-order valence-corrected chi connectivity index (χ2v) is 5.27. The van der Waals surface area contributed by atoms with Gasteiger partial charge in [-0.1, -0.05) is 30.3 Å². The summed E-state index contributed by atoms with van der Waals surface area (Å²) in [7, 11) is 0. The molecule has 0 aromatic heterocycles. The molecule has 2 aromatic rings. The zero-order chi connectivity index (χ0) is 16.3. The summed E-state index contributed by atoms with van der Waals surface area (Å²) in [5, 5.41) is 9.11. The number of hydrogen-bond donors (Lipinski definition) is 1. The van der Waals surface area contributed by atoms with E-state index in [9.17, 15) is 18.0 Å². The SMILES string of the molecule is O=C(O)c1cc(C(F)(F)F)cc(Br)c1OCc1ccccc1. The maximum Gasteiger partial charge on any atom is 0.416 e. The van der Waals surface area contributed by atoms with Crippen molar-refractivity contribution in [2.45, 2.75) is 12.8 Å². The molecule has 0 fully saturated rings. The van der Waals surface area contributed by atoms with Crippen molar-refractivity contribution in [1.82, 2.24) is 0 Å². The maximum atomic E-state index is 12.7. The molecule has 7 heteroatoms. The summed E-state index contributed by atoms with van der Waals surface area (Å²) < 4.78 is 43.5. The molecule has 0 amide bonds. The van der Waals surface area contributed by atoms with Gasteiger partial charge in [0.15, 0.2) is 0 Å². The molecule has 0 bridgehead atoms. The van der Waals surface area contributed by atoms with Gasteiger partial charge in [0.1, 0.15) is 17.9 Å². The van der Waals surface area contributed by atoms with Gasteiger partial charge < -0.3 is 9.84 Å². The fourth-order valence-corrected chi connectivity index (χ4v) is 2.37. The molecule has 0 saturated carbocycles. The van der Waals surface area contributed by atoms with Gasteiger partial charge in [0.2, 0.25) is 0 Å². The Morgan fingerprint density at radius 3 is 2.36 bits per heavy atom. The van der Waals surface area contributed by atoms with Gasteiger partial charge in [-0.05, 0) is 33.6 Å². The van der Waals surface area contributed by atoms with Gasteiger partial charge in [-0.15, -0.1) is 0 Å². The molecule has 0 aliphatic carbocycles. The third-order valence-electron chi connectivity index (χ3n) is 2.83. The summed E-state index contributed by atoms with van der Waals surface area (Å²) in [6.07, 6.45) is -4.63. The number of carbonyl (C=O) groups is 1. The molecule has 22 heavy (non-hydrogen) atoms. The normalized spacial score (nSPS) is 11.3. The lowest BCUT2D eigenvalue weighted by atomic mass is 10.1. The summed E-state index contributed by atoms with van der Waals surface area (Å²) in [6.45, 7) is 0.0467. The Balaban J connectivity index is 2.36. The summed E-state index contributed by atoms with van der Waals surface area (Å²) in [6, 6.07) is 10.2. The molecule has 2 aromatic carbocycles. The first-order valence-electron chi connectivity index (χ1n) is 6.10. The van der Waals surface area contributed by atoms with Crippen LogP contribution in [0.4, 0.5) is 13.2 Å². The van der Waals surface area contributed by atoms with Crippen molar-refractivity contribution in [2.24, 2.45) is 0 Å². The molecular weight excluding hydrogens is 365 g/mol. The quantitative estimate of drug-likeness (QED) is 0.840. The monoisotopic (exact) mass is 374 g/mol. The number of hydrogen-bond acceptors (Lipinski definition) is 2. The first-order valence-corrected chi connectivity index (χ1v) is 6.89. The maximum absolute atomic E-state index is 12.7. The number of rotatable bonds is 4. The molecule has 0 aliphatic rings. The minimum Gasteiger partial charge on any atom is -0.487 e. The lowest BCUT2D eigenvalue weighted by Gasteiger charge is -2.14. The van der Waals surface area contributed by atoms with Crippen molar-refractivity contribution in [3.8, 4) is 5.75 Å². The fourth-order valence-electron chi connectivity index (χ4n) is 1.79. The topological polar surface area (TPSA) is 46.5 Å². The molecule has 0 heterocycles. The predicted molar refractivity (Wildman–Crippen MR) is 76.9 cm³/mol. The molecule has 0 aliphatic heterocycles. The van der Waals surface area contributed by atoms with E-state index in [1.165, 1.54) is 0 Å². The first-order chi connectivity index (χ1) is 10.3. The molecule has 3 nitrogen and oxygen atoms in total. The molecule has 1 N–H and O–H groups in total. The number of benzene rings is 2. The van der Waals surface area contributed by atoms with Gasteiger partial charge in [0, 0.05) is 0 Å². The minimum atomic E-state index is -4.63. The van der Waals surface area contributed by atoms with Gasteiger partial charge in [-0.2, -0.15) is 13.2 Å². The van der Waals surface area contributed by atoms with Crippen LogP contribution in [0, 0.1) is 0 Å². The third-order valence-corrected chi connectivity index (χ3v) is 3.42. The van der Waals surface area contributed by atoms with Crippen LogP contribution in [-0.2, 0) is 12.8 Å². The van der Waals surface area contributed by atoms with Crippen LogP contribution in [-0.4, -0.2) is 11.1 Å². The summed E-state index contributed by atoms with van der Waals surface area (Å²) >= 11 is 2.94. The van der Waals surface area contributed by atoms with Crippen molar-refractivity contribution in [1.29, 1.82) is 0 Å². The van der Waals surface area contributed by atoms with E-state index in [1.54, 1.807) is 30.3 Å². The Kier molecular flexibility index (Phi) is 4.75. The van der Waals surface area contributed by atoms with Crippen LogP contribution in [0.15, 0.2) is 46.9 Å². The number of ether oxygens (including phenoxy) is 1. The van der Waals surface area contributed by atoms with Gasteiger partial charge in [-0.25, -0.2) is 4.79 Å². The van der Waals surface area contributed by atoms with Gasteiger partial charge in [-0.3, -0.25) is 0 Å². The average molecular weight is 375 g/mol. The molecule has 0 unspecified atom stereocenters. The van der Waals surface area contributed by atoms with E-state index in [2.05, 4.69) is 15.9 Å². The van der Waals surface area contributed by atoms with E-state index in [0.29, 0.717) is 6.07 Å². The number of carboxylic acids is 1. The van der Waals surface area contributed by atoms with E-state index >= 15 is 0 Å². The van der Waals surface area contributed by atoms with Crippen LogP contribution in [0.2, 0.25) is 0 Å². The second kappa shape index (κ2) is 6.39. The lowest BCUT2D eigenvalue weighted by Crippen LogP contribution is -2.10. The van der Waals surface area contributed by atoms with Crippen molar-refractivity contribution in [3.63, 3.8) is 0 Å². The number of alkyl halides is 3. The fraction of sp³-hybridized carbons (Fsp3) is 0.133. The Morgan fingerprint density at radius 1 is 1.18 bits per heavy atom. The Hall–Kier alpha value is -2.02. The zero-order valence-corrected chi connectivity index (χ0v) is 12.6. The molecule has 0 atom stereocenters. The minimum absolute atomic E-state index is 0.0467. The first kappa shape index (κ1) is 16.4. The van der Waals surface area contributed by atoms with Crippen molar-refractivity contribution in [2.75, 3.05) is 0 Å². The van der Waals surface area contributed by atoms with Gasteiger partial charge in [0.25, 0.3) is 0 Å². The van der Waals surface area contributed by atoms with Crippen molar-refractivity contribution < 1.29 is 27.8 Å². The van der Waals surface area contributed by atoms with E-state index in [1.807, 2.05) is 0 Å².